The van der Waals surface area contributed by atoms with Crippen LogP contribution in [0, 0.1) is 0 Å². The van der Waals surface area contributed by atoms with E-state index < -0.39 is 0 Å². The van der Waals surface area contributed by atoms with Crippen molar-refractivity contribution in [2.45, 2.75) is 43.9 Å². The lowest BCUT2D eigenvalue weighted by Crippen LogP contribution is -2.52. The summed E-state index contributed by atoms with van der Waals surface area (Å²) in [7, 11) is 1.89. The molecule has 106 valence electrons. The second kappa shape index (κ2) is 6.37. The van der Waals surface area contributed by atoms with Gasteiger partial charge in [0, 0.05) is 17.5 Å². The molecule has 1 aliphatic rings. The van der Waals surface area contributed by atoms with Crippen LogP contribution in [-0.2, 0) is 6.61 Å². The molecule has 1 aromatic rings. The number of hydrogen-bond acceptors (Lipinski definition) is 4. The van der Waals surface area contributed by atoms with Crippen molar-refractivity contribution in [1.29, 1.82) is 0 Å². The van der Waals surface area contributed by atoms with Crippen molar-refractivity contribution in [3.8, 4) is 5.75 Å². The summed E-state index contributed by atoms with van der Waals surface area (Å²) in [5.41, 5.74) is 0.587. The Labute approximate surface area is 114 Å². The number of ether oxygens (including phenoxy) is 1. The lowest BCUT2D eigenvalue weighted by atomic mass is 9.80. The molecule has 4 heteroatoms. The van der Waals surface area contributed by atoms with E-state index in [-0.39, 0.29) is 24.9 Å². The first-order valence-electron chi connectivity index (χ1n) is 6.88. The first-order chi connectivity index (χ1) is 9.23. The van der Waals surface area contributed by atoms with E-state index in [4.69, 9.17) is 4.74 Å². The lowest BCUT2D eigenvalue weighted by molar-refractivity contribution is 0.0543. The zero-order valence-corrected chi connectivity index (χ0v) is 11.4. The molecular formula is C15H23NO3. The van der Waals surface area contributed by atoms with Crippen molar-refractivity contribution in [3.05, 3.63) is 29.8 Å². The quantitative estimate of drug-likeness (QED) is 0.754. The molecule has 2 atom stereocenters. The number of nitrogens with one attached hydrogen (secondary N) is 1. The van der Waals surface area contributed by atoms with Crippen LogP contribution in [0.5, 0.6) is 5.75 Å². The molecule has 1 fully saturated rings. The predicted molar refractivity (Wildman–Crippen MR) is 74.1 cm³/mol. The molecule has 0 amide bonds. The zero-order chi connectivity index (χ0) is 13.7. The summed E-state index contributed by atoms with van der Waals surface area (Å²) >= 11 is 0. The Kier molecular flexibility index (Phi) is 4.80. The Hall–Kier alpha value is -1.10. The second-order valence-electron chi connectivity index (χ2n) is 5.29. The number of benzene rings is 1. The highest BCUT2D eigenvalue weighted by atomic mass is 16.5. The number of aliphatic hydroxyl groups excluding tert-OH is 2. The summed E-state index contributed by atoms with van der Waals surface area (Å²) in [6, 6.07) is 7.56. The van der Waals surface area contributed by atoms with Crippen LogP contribution in [0.15, 0.2) is 24.3 Å². The molecular weight excluding hydrogens is 242 g/mol. The first kappa shape index (κ1) is 14.3. The van der Waals surface area contributed by atoms with Gasteiger partial charge in [0.25, 0.3) is 0 Å². The average Bonchev–Trinajstić information content (AvgIpc) is 2.48. The molecule has 0 heterocycles. The lowest BCUT2D eigenvalue weighted by Gasteiger charge is -2.39. The van der Waals surface area contributed by atoms with Gasteiger partial charge in [-0.05, 0) is 32.4 Å². The summed E-state index contributed by atoms with van der Waals surface area (Å²) in [6.07, 6.45) is 3.87. The number of rotatable bonds is 5. The normalized spacial score (nSPS) is 27.2. The largest absolute Gasteiger partial charge is 0.490 e. The van der Waals surface area contributed by atoms with E-state index in [9.17, 15) is 10.2 Å². The van der Waals surface area contributed by atoms with Gasteiger partial charge in [0.2, 0.25) is 0 Å². The van der Waals surface area contributed by atoms with Crippen molar-refractivity contribution >= 4 is 0 Å². The molecule has 0 spiro atoms. The van der Waals surface area contributed by atoms with Gasteiger partial charge in [-0.15, -0.1) is 0 Å². The Balaban J connectivity index is 2.06. The SMILES string of the molecule is CNC1(CO)CCCC(Oc2ccccc2CO)C1. The highest BCUT2D eigenvalue weighted by Gasteiger charge is 2.35. The minimum Gasteiger partial charge on any atom is -0.490 e. The Morgan fingerprint density at radius 3 is 2.84 bits per heavy atom. The zero-order valence-electron chi connectivity index (χ0n) is 11.4. The molecule has 4 nitrogen and oxygen atoms in total. The fourth-order valence-electron chi connectivity index (χ4n) is 2.79. The van der Waals surface area contributed by atoms with Gasteiger partial charge in [-0.3, -0.25) is 0 Å². The van der Waals surface area contributed by atoms with Crippen LogP contribution >= 0.6 is 0 Å². The third-order valence-corrected chi connectivity index (χ3v) is 4.07. The van der Waals surface area contributed by atoms with Gasteiger partial charge in [-0.2, -0.15) is 0 Å². The van der Waals surface area contributed by atoms with Crippen LogP contribution in [0.3, 0.4) is 0 Å². The van der Waals surface area contributed by atoms with E-state index in [1.165, 1.54) is 0 Å². The van der Waals surface area contributed by atoms with Gasteiger partial charge in [0.15, 0.2) is 0 Å². The molecule has 0 bridgehead atoms. The summed E-state index contributed by atoms with van der Waals surface area (Å²) < 4.78 is 6.03. The fraction of sp³-hybridized carbons (Fsp3) is 0.600. The monoisotopic (exact) mass is 265 g/mol. The Morgan fingerprint density at radius 2 is 2.16 bits per heavy atom. The van der Waals surface area contributed by atoms with Crippen molar-refractivity contribution in [2.24, 2.45) is 0 Å². The topological polar surface area (TPSA) is 61.7 Å². The molecule has 19 heavy (non-hydrogen) atoms. The van der Waals surface area contributed by atoms with E-state index >= 15 is 0 Å². The summed E-state index contributed by atoms with van der Waals surface area (Å²) in [4.78, 5) is 0. The Morgan fingerprint density at radius 1 is 1.37 bits per heavy atom. The maximum atomic E-state index is 9.57. The summed E-state index contributed by atoms with van der Waals surface area (Å²) in [6.45, 7) is 0.116. The molecule has 0 aromatic heterocycles. The van der Waals surface area contributed by atoms with Crippen LogP contribution in [0.1, 0.15) is 31.2 Å². The van der Waals surface area contributed by atoms with Crippen LogP contribution in [0.4, 0.5) is 0 Å². The second-order valence-corrected chi connectivity index (χ2v) is 5.29. The molecule has 1 aliphatic carbocycles. The maximum absolute atomic E-state index is 9.57. The Bertz CT molecular complexity index is 404. The number of para-hydroxylation sites is 1. The number of aliphatic hydroxyl groups is 2. The molecule has 1 saturated carbocycles. The molecule has 1 aromatic carbocycles. The van der Waals surface area contributed by atoms with Gasteiger partial charge in [-0.25, -0.2) is 0 Å². The molecule has 0 aliphatic heterocycles. The first-order valence-corrected chi connectivity index (χ1v) is 6.88. The van der Waals surface area contributed by atoms with Crippen molar-refractivity contribution < 1.29 is 14.9 Å². The van der Waals surface area contributed by atoms with Crippen LogP contribution in [0.2, 0.25) is 0 Å². The standard InChI is InChI=1S/C15H23NO3/c1-16-15(11-18)8-4-6-13(9-15)19-14-7-3-2-5-12(14)10-17/h2-3,5,7,13,16-18H,4,6,8-11H2,1H3. The van der Waals surface area contributed by atoms with Gasteiger partial charge < -0.3 is 20.3 Å². The van der Waals surface area contributed by atoms with E-state index in [0.717, 1.165) is 37.0 Å². The van der Waals surface area contributed by atoms with E-state index in [1.54, 1.807) is 0 Å². The molecule has 2 rings (SSSR count). The predicted octanol–water partition coefficient (Wildman–Crippen LogP) is 1.45. The van der Waals surface area contributed by atoms with Crippen LogP contribution in [0.25, 0.3) is 0 Å². The van der Waals surface area contributed by atoms with Gasteiger partial charge in [0.1, 0.15) is 11.9 Å². The minimum atomic E-state index is -0.225. The van der Waals surface area contributed by atoms with Crippen molar-refractivity contribution in [1.82, 2.24) is 5.32 Å². The number of likely N-dealkylation sites (N-methyl/N-ethyl adjacent to an activating group) is 1. The van der Waals surface area contributed by atoms with Gasteiger partial charge in [-0.1, -0.05) is 18.2 Å². The highest BCUT2D eigenvalue weighted by Crippen LogP contribution is 2.31. The van der Waals surface area contributed by atoms with Crippen molar-refractivity contribution in [3.63, 3.8) is 0 Å². The number of hydrogen-bond donors (Lipinski definition) is 3. The van der Waals surface area contributed by atoms with Gasteiger partial charge in [0.05, 0.1) is 13.2 Å². The van der Waals surface area contributed by atoms with E-state index in [2.05, 4.69) is 5.32 Å². The maximum Gasteiger partial charge on any atom is 0.125 e. The third-order valence-electron chi connectivity index (χ3n) is 4.07. The van der Waals surface area contributed by atoms with E-state index in [0.29, 0.717) is 0 Å². The van der Waals surface area contributed by atoms with Crippen molar-refractivity contribution in [2.75, 3.05) is 13.7 Å². The minimum absolute atomic E-state index is 0.0138. The highest BCUT2D eigenvalue weighted by molar-refractivity contribution is 5.32. The molecule has 3 N–H and O–H groups in total. The summed E-state index contributed by atoms with van der Waals surface area (Å²) in [5.74, 6) is 0.750. The fourth-order valence-corrected chi connectivity index (χ4v) is 2.79. The molecule has 0 saturated heterocycles. The molecule has 0 radical (unpaired) electrons. The summed E-state index contributed by atoms with van der Waals surface area (Å²) in [5, 5.41) is 22.1. The van der Waals surface area contributed by atoms with E-state index in [1.807, 2.05) is 31.3 Å². The smallest absolute Gasteiger partial charge is 0.125 e. The van der Waals surface area contributed by atoms with Crippen LogP contribution in [-0.4, -0.2) is 35.5 Å². The van der Waals surface area contributed by atoms with Gasteiger partial charge >= 0.3 is 0 Å². The third kappa shape index (κ3) is 3.26. The van der Waals surface area contributed by atoms with Crippen LogP contribution < -0.4 is 10.1 Å². The average molecular weight is 265 g/mol. The molecule has 2 unspecified atom stereocenters.